The number of likely N-dealkylation sites (tertiary alicyclic amines) is 1. The third kappa shape index (κ3) is 3.84. The number of anilines is 1. The van der Waals surface area contributed by atoms with Gasteiger partial charge in [0.2, 0.25) is 0 Å². The van der Waals surface area contributed by atoms with Gasteiger partial charge < -0.3 is 21.7 Å². The lowest BCUT2D eigenvalue weighted by Crippen LogP contribution is -2.44. The summed E-state index contributed by atoms with van der Waals surface area (Å²) in [5.41, 5.74) is 10.8. The van der Waals surface area contributed by atoms with Gasteiger partial charge in [0, 0.05) is 25.3 Å². The van der Waals surface area contributed by atoms with E-state index in [4.69, 9.17) is 11.5 Å². The number of nitrogens with zero attached hydrogens (tertiary/aromatic N) is 1. The van der Waals surface area contributed by atoms with Gasteiger partial charge in [0.1, 0.15) is 5.82 Å². The highest BCUT2D eigenvalue weighted by Gasteiger charge is 2.26. The van der Waals surface area contributed by atoms with E-state index in [1.807, 2.05) is 0 Å². The molecule has 2 rings (SSSR count). The molecule has 114 valence electrons. The molecule has 1 aliphatic rings. The molecule has 3 amide bonds. The summed E-state index contributed by atoms with van der Waals surface area (Å²) in [6.07, 6.45) is 1.71. The predicted molar refractivity (Wildman–Crippen MR) is 77.0 cm³/mol. The Morgan fingerprint density at radius 3 is 2.86 bits per heavy atom. The van der Waals surface area contributed by atoms with E-state index in [0.717, 1.165) is 18.9 Å². The maximum atomic E-state index is 13.8. The topological polar surface area (TPSA) is 101 Å². The number of hydrogen-bond donors (Lipinski definition) is 3. The molecule has 0 radical (unpaired) electrons. The number of benzene rings is 1. The molecule has 1 aromatic carbocycles. The van der Waals surface area contributed by atoms with Crippen molar-refractivity contribution in [3.8, 4) is 0 Å². The molecule has 1 aromatic rings. The first-order chi connectivity index (χ1) is 9.97. The number of rotatable bonds is 3. The minimum atomic E-state index is -0.614. The Morgan fingerprint density at radius 1 is 1.43 bits per heavy atom. The summed E-state index contributed by atoms with van der Waals surface area (Å²) in [7, 11) is 0. The molecule has 0 saturated carbocycles. The van der Waals surface area contributed by atoms with Gasteiger partial charge in [0.05, 0.1) is 5.56 Å². The van der Waals surface area contributed by atoms with Crippen molar-refractivity contribution < 1.29 is 14.0 Å². The maximum Gasteiger partial charge on any atom is 0.312 e. The summed E-state index contributed by atoms with van der Waals surface area (Å²) in [4.78, 5) is 24.7. The molecule has 0 aliphatic carbocycles. The summed E-state index contributed by atoms with van der Waals surface area (Å²) in [6, 6.07) is 3.47. The number of urea groups is 1. The largest absolute Gasteiger partial charge is 0.399 e. The standard InChI is InChI=1S/C14H19FN4O2/c15-12-6-10(16)3-4-11(12)13(20)19-5-1-2-9(8-19)7-18-14(17)21/h3-4,6,9H,1-2,5,7-8,16H2,(H3,17,18,21). The van der Waals surface area contributed by atoms with Gasteiger partial charge in [-0.1, -0.05) is 0 Å². The monoisotopic (exact) mass is 294 g/mol. The molecule has 1 fully saturated rings. The Kier molecular flexibility index (Phi) is 4.62. The van der Waals surface area contributed by atoms with Gasteiger partial charge in [0.15, 0.2) is 0 Å². The summed E-state index contributed by atoms with van der Waals surface area (Å²) < 4.78 is 13.8. The van der Waals surface area contributed by atoms with Gasteiger partial charge in [-0.25, -0.2) is 9.18 Å². The third-order valence-electron chi connectivity index (χ3n) is 3.59. The van der Waals surface area contributed by atoms with Gasteiger partial charge in [-0.3, -0.25) is 4.79 Å². The number of amides is 3. The molecule has 0 bridgehead atoms. The first-order valence-corrected chi connectivity index (χ1v) is 6.85. The maximum absolute atomic E-state index is 13.8. The Labute approximate surface area is 122 Å². The van der Waals surface area contributed by atoms with E-state index < -0.39 is 11.8 Å². The van der Waals surface area contributed by atoms with Crippen LogP contribution in [0.4, 0.5) is 14.9 Å². The summed E-state index contributed by atoms with van der Waals surface area (Å²) in [6.45, 7) is 1.47. The van der Waals surface area contributed by atoms with Crippen molar-refractivity contribution in [1.29, 1.82) is 0 Å². The molecule has 21 heavy (non-hydrogen) atoms. The van der Waals surface area contributed by atoms with Gasteiger partial charge in [-0.05, 0) is 37.0 Å². The van der Waals surface area contributed by atoms with Gasteiger partial charge in [-0.2, -0.15) is 0 Å². The summed E-state index contributed by atoms with van der Waals surface area (Å²) in [5, 5.41) is 2.54. The zero-order valence-corrected chi connectivity index (χ0v) is 11.6. The molecule has 5 N–H and O–H groups in total. The normalized spacial score (nSPS) is 18.3. The number of piperidine rings is 1. The Morgan fingerprint density at radius 2 is 2.19 bits per heavy atom. The van der Waals surface area contributed by atoms with Gasteiger partial charge in [0.25, 0.3) is 5.91 Å². The average Bonchev–Trinajstić information content (AvgIpc) is 2.45. The van der Waals surface area contributed by atoms with Crippen molar-refractivity contribution >= 4 is 17.6 Å². The number of nitrogens with two attached hydrogens (primary N) is 2. The zero-order valence-electron chi connectivity index (χ0n) is 11.6. The lowest BCUT2D eigenvalue weighted by molar-refractivity contribution is 0.0670. The van der Waals surface area contributed by atoms with E-state index in [-0.39, 0.29) is 23.1 Å². The number of halogens is 1. The van der Waals surface area contributed by atoms with E-state index in [0.29, 0.717) is 19.6 Å². The van der Waals surface area contributed by atoms with Crippen LogP contribution in [0.1, 0.15) is 23.2 Å². The summed E-state index contributed by atoms with van der Waals surface area (Å²) >= 11 is 0. The second-order valence-electron chi connectivity index (χ2n) is 5.24. The van der Waals surface area contributed by atoms with Crippen molar-refractivity contribution in [3.05, 3.63) is 29.6 Å². The molecule has 6 nitrogen and oxygen atoms in total. The number of carbonyl (C=O) groups is 2. The Hall–Kier alpha value is -2.31. The minimum Gasteiger partial charge on any atom is -0.399 e. The molecule has 1 atom stereocenters. The van der Waals surface area contributed by atoms with E-state index in [1.54, 1.807) is 4.90 Å². The quantitative estimate of drug-likeness (QED) is 0.723. The highest BCUT2D eigenvalue weighted by molar-refractivity contribution is 5.94. The van der Waals surface area contributed by atoms with Gasteiger partial charge >= 0.3 is 6.03 Å². The van der Waals surface area contributed by atoms with Crippen LogP contribution >= 0.6 is 0 Å². The van der Waals surface area contributed by atoms with Crippen molar-refractivity contribution in [1.82, 2.24) is 10.2 Å². The Bertz CT molecular complexity index is 550. The van der Waals surface area contributed by atoms with Crippen LogP contribution in [-0.4, -0.2) is 36.5 Å². The van der Waals surface area contributed by atoms with Crippen LogP contribution < -0.4 is 16.8 Å². The summed E-state index contributed by atoms with van der Waals surface area (Å²) in [5.74, 6) is -0.833. The highest BCUT2D eigenvalue weighted by Crippen LogP contribution is 2.20. The lowest BCUT2D eigenvalue weighted by atomic mass is 9.97. The minimum absolute atomic E-state index is 0.0210. The van der Waals surface area contributed by atoms with E-state index in [2.05, 4.69) is 5.32 Å². The second-order valence-corrected chi connectivity index (χ2v) is 5.24. The van der Waals surface area contributed by atoms with Crippen molar-refractivity contribution in [2.24, 2.45) is 11.7 Å². The van der Waals surface area contributed by atoms with E-state index in [1.165, 1.54) is 12.1 Å². The molecular formula is C14H19FN4O2. The fraction of sp³-hybridized carbons (Fsp3) is 0.429. The van der Waals surface area contributed by atoms with Crippen LogP contribution in [0, 0.1) is 11.7 Å². The van der Waals surface area contributed by atoms with E-state index in [9.17, 15) is 14.0 Å². The number of primary amides is 1. The molecule has 0 spiro atoms. The molecular weight excluding hydrogens is 275 g/mol. The molecule has 0 aromatic heterocycles. The fourth-order valence-electron chi connectivity index (χ4n) is 2.54. The van der Waals surface area contributed by atoms with Gasteiger partial charge in [-0.15, -0.1) is 0 Å². The van der Waals surface area contributed by atoms with Crippen molar-refractivity contribution in [2.45, 2.75) is 12.8 Å². The molecule has 7 heteroatoms. The van der Waals surface area contributed by atoms with Crippen LogP contribution in [0.15, 0.2) is 18.2 Å². The zero-order chi connectivity index (χ0) is 15.4. The van der Waals surface area contributed by atoms with E-state index >= 15 is 0 Å². The SMILES string of the molecule is NC(=O)NCC1CCCN(C(=O)c2ccc(N)cc2F)C1. The molecule has 1 aliphatic heterocycles. The first kappa shape index (κ1) is 15.1. The number of nitrogen functional groups attached to an aromatic ring is 1. The van der Waals surface area contributed by atoms with Crippen molar-refractivity contribution in [3.63, 3.8) is 0 Å². The number of nitrogens with one attached hydrogen (secondary N) is 1. The van der Waals surface area contributed by atoms with Crippen LogP contribution in [0.2, 0.25) is 0 Å². The fourth-order valence-corrected chi connectivity index (χ4v) is 2.54. The van der Waals surface area contributed by atoms with Crippen LogP contribution in [-0.2, 0) is 0 Å². The lowest BCUT2D eigenvalue weighted by Gasteiger charge is -2.33. The average molecular weight is 294 g/mol. The van der Waals surface area contributed by atoms with Crippen LogP contribution in [0.3, 0.4) is 0 Å². The number of hydrogen-bond acceptors (Lipinski definition) is 3. The predicted octanol–water partition coefficient (Wildman–Crippen LogP) is 0.928. The second kappa shape index (κ2) is 6.43. The third-order valence-corrected chi connectivity index (χ3v) is 3.59. The van der Waals surface area contributed by atoms with Crippen LogP contribution in [0.5, 0.6) is 0 Å². The smallest absolute Gasteiger partial charge is 0.312 e. The molecule has 1 saturated heterocycles. The first-order valence-electron chi connectivity index (χ1n) is 6.85. The molecule has 1 unspecified atom stereocenters. The molecule has 1 heterocycles. The van der Waals surface area contributed by atoms with Crippen molar-refractivity contribution in [2.75, 3.05) is 25.4 Å². The number of carbonyl (C=O) groups excluding carboxylic acids is 2. The Balaban J connectivity index is 2.03. The van der Waals surface area contributed by atoms with Crippen LogP contribution in [0.25, 0.3) is 0 Å². The highest BCUT2D eigenvalue weighted by atomic mass is 19.1.